The van der Waals surface area contributed by atoms with Gasteiger partial charge in [0.1, 0.15) is 5.82 Å². The van der Waals surface area contributed by atoms with Crippen LogP contribution in [-0.4, -0.2) is 91.3 Å². The Labute approximate surface area is 235 Å². The number of nitrogens with zero attached hydrogens (tertiary/aromatic N) is 7. The standard InChI is InChI=1S/C28H40N8O4/c1-8-24(37)35-19(5)10-33(11-20(35)6)16-34-12-22(29-15-34)21(7)31-23-9-18(4)30-26(32-23)36-25(17(2)3)28(13-39-14-28)40-27(36)38/h8-9,12,15,17,19-21,25H,1,10-11,13-14,16H2,2-7H3,(H,30,31,32)/t19-,20+,21-,25?/m0/s1. The van der Waals surface area contributed by atoms with Gasteiger partial charge in [-0.2, -0.15) is 4.98 Å². The number of piperazine rings is 1. The van der Waals surface area contributed by atoms with E-state index in [1.165, 1.54) is 6.08 Å². The molecule has 2 aromatic rings. The van der Waals surface area contributed by atoms with E-state index < -0.39 is 11.7 Å². The Kier molecular flexibility index (Phi) is 7.58. The Morgan fingerprint density at radius 3 is 2.52 bits per heavy atom. The summed E-state index contributed by atoms with van der Waals surface area (Å²) in [6, 6.07) is 1.71. The maximum absolute atomic E-state index is 12.9. The average Bonchev–Trinajstić information content (AvgIpc) is 3.45. The van der Waals surface area contributed by atoms with Crippen LogP contribution in [0.5, 0.6) is 0 Å². The van der Waals surface area contributed by atoms with Gasteiger partial charge in [0, 0.05) is 43.1 Å². The van der Waals surface area contributed by atoms with E-state index in [1.54, 1.807) is 4.90 Å². The fourth-order valence-corrected chi connectivity index (χ4v) is 6.30. The van der Waals surface area contributed by atoms with Crippen LogP contribution in [0.3, 0.4) is 0 Å². The first-order valence-electron chi connectivity index (χ1n) is 13.9. The number of amides is 2. The van der Waals surface area contributed by atoms with E-state index in [0.29, 0.717) is 31.6 Å². The van der Waals surface area contributed by atoms with Crippen molar-refractivity contribution in [1.82, 2.24) is 29.3 Å². The smallest absolute Gasteiger partial charge is 0.417 e. The van der Waals surface area contributed by atoms with Crippen LogP contribution in [0.25, 0.3) is 0 Å². The van der Waals surface area contributed by atoms with Gasteiger partial charge in [0.25, 0.3) is 0 Å². The van der Waals surface area contributed by atoms with Crippen LogP contribution in [0.4, 0.5) is 16.6 Å². The number of carbonyl (C=O) groups excluding carboxylic acids is 2. The lowest BCUT2D eigenvalue weighted by Crippen LogP contribution is -2.61. The van der Waals surface area contributed by atoms with Crippen molar-refractivity contribution in [3.8, 4) is 0 Å². The summed E-state index contributed by atoms with van der Waals surface area (Å²) < 4.78 is 13.2. The third-order valence-electron chi connectivity index (χ3n) is 7.93. The van der Waals surface area contributed by atoms with E-state index in [2.05, 4.69) is 59.0 Å². The molecular weight excluding hydrogens is 512 g/mol. The monoisotopic (exact) mass is 552 g/mol. The first-order chi connectivity index (χ1) is 19.0. The largest absolute Gasteiger partial charge is 0.435 e. The molecule has 2 aromatic heterocycles. The van der Waals surface area contributed by atoms with Gasteiger partial charge < -0.3 is 24.3 Å². The molecule has 3 aliphatic heterocycles. The summed E-state index contributed by atoms with van der Waals surface area (Å²) in [5.74, 6) is 1.04. The van der Waals surface area contributed by atoms with Crippen LogP contribution in [0.1, 0.15) is 52.0 Å². The first kappa shape index (κ1) is 28.0. The highest BCUT2D eigenvalue weighted by Gasteiger charge is 2.61. The number of ether oxygens (including phenoxy) is 2. The molecule has 3 aliphatic rings. The minimum atomic E-state index is -0.643. The highest BCUT2D eigenvalue weighted by Crippen LogP contribution is 2.41. The summed E-state index contributed by atoms with van der Waals surface area (Å²) >= 11 is 0. The van der Waals surface area contributed by atoms with Gasteiger partial charge in [-0.05, 0) is 39.7 Å². The molecule has 40 heavy (non-hydrogen) atoms. The predicted molar refractivity (Wildman–Crippen MR) is 150 cm³/mol. The summed E-state index contributed by atoms with van der Waals surface area (Å²) in [6.45, 7) is 18.8. The van der Waals surface area contributed by atoms with E-state index in [0.717, 1.165) is 24.5 Å². The van der Waals surface area contributed by atoms with Crippen molar-refractivity contribution in [2.24, 2.45) is 5.92 Å². The number of hydrogen-bond donors (Lipinski definition) is 1. The highest BCUT2D eigenvalue weighted by molar-refractivity contribution is 5.90. The predicted octanol–water partition coefficient (Wildman–Crippen LogP) is 2.97. The van der Waals surface area contributed by atoms with Gasteiger partial charge >= 0.3 is 6.09 Å². The molecular formula is C28H40N8O4. The molecule has 2 amide bonds. The molecule has 12 heteroatoms. The Balaban J connectivity index is 1.26. The second-order valence-electron chi connectivity index (χ2n) is 11.7. The maximum Gasteiger partial charge on any atom is 0.417 e. The number of imidazole rings is 1. The zero-order chi connectivity index (χ0) is 28.8. The SMILES string of the molecule is C=CC(=O)N1[C@H](C)CN(Cn2cnc([C@H](C)Nc3cc(C)nc(N4C(=O)OC5(COC5)C4C(C)C)n3)c2)C[C@@H]1C. The van der Waals surface area contributed by atoms with Gasteiger partial charge in [0.15, 0.2) is 5.60 Å². The molecule has 0 saturated carbocycles. The van der Waals surface area contributed by atoms with Gasteiger partial charge in [-0.15, -0.1) is 0 Å². The molecule has 0 radical (unpaired) electrons. The van der Waals surface area contributed by atoms with E-state index in [9.17, 15) is 9.59 Å². The Bertz CT molecular complexity index is 1260. The molecule has 5 heterocycles. The van der Waals surface area contributed by atoms with E-state index in [4.69, 9.17) is 14.5 Å². The van der Waals surface area contributed by atoms with Crippen molar-refractivity contribution in [1.29, 1.82) is 0 Å². The highest BCUT2D eigenvalue weighted by atomic mass is 16.6. The van der Waals surface area contributed by atoms with Crippen LogP contribution >= 0.6 is 0 Å². The Morgan fingerprint density at radius 2 is 1.93 bits per heavy atom. The Morgan fingerprint density at radius 1 is 1.23 bits per heavy atom. The fraction of sp³-hybridized carbons (Fsp3) is 0.607. The first-order valence-corrected chi connectivity index (χ1v) is 13.9. The van der Waals surface area contributed by atoms with Gasteiger partial charge in [0.05, 0.1) is 44.0 Å². The minimum absolute atomic E-state index is 0.0227. The molecule has 0 aromatic carbocycles. The number of rotatable bonds is 8. The van der Waals surface area contributed by atoms with Gasteiger partial charge in [0.2, 0.25) is 11.9 Å². The zero-order valence-electron chi connectivity index (χ0n) is 24.2. The third kappa shape index (κ3) is 5.17. The van der Waals surface area contributed by atoms with Gasteiger partial charge in [-0.1, -0.05) is 20.4 Å². The number of carbonyl (C=O) groups is 2. The molecule has 1 unspecified atom stereocenters. The van der Waals surface area contributed by atoms with Crippen molar-refractivity contribution < 1.29 is 19.1 Å². The second kappa shape index (κ2) is 10.8. The molecule has 216 valence electrons. The minimum Gasteiger partial charge on any atom is -0.435 e. The van der Waals surface area contributed by atoms with Gasteiger partial charge in [-0.25, -0.2) is 19.7 Å². The van der Waals surface area contributed by atoms with Crippen molar-refractivity contribution >= 4 is 23.8 Å². The number of aryl methyl sites for hydroxylation is 1. The van der Waals surface area contributed by atoms with Crippen molar-refractivity contribution in [3.05, 3.63) is 42.6 Å². The van der Waals surface area contributed by atoms with E-state index in [1.807, 2.05) is 37.3 Å². The topological polar surface area (TPSA) is 118 Å². The summed E-state index contributed by atoms with van der Waals surface area (Å²) in [7, 11) is 0. The lowest BCUT2D eigenvalue weighted by atomic mass is 9.84. The molecule has 5 rings (SSSR count). The second-order valence-corrected chi connectivity index (χ2v) is 11.7. The molecule has 1 spiro atoms. The van der Waals surface area contributed by atoms with Crippen molar-refractivity contribution in [3.63, 3.8) is 0 Å². The molecule has 4 atom stereocenters. The summed E-state index contributed by atoms with van der Waals surface area (Å²) in [6.07, 6.45) is 4.80. The lowest BCUT2D eigenvalue weighted by molar-refractivity contribution is -0.174. The molecule has 12 nitrogen and oxygen atoms in total. The van der Waals surface area contributed by atoms with Crippen LogP contribution in [0, 0.1) is 12.8 Å². The average molecular weight is 553 g/mol. The summed E-state index contributed by atoms with van der Waals surface area (Å²) in [4.78, 5) is 44.9. The summed E-state index contributed by atoms with van der Waals surface area (Å²) in [5.41, 5.74) is 0.962. The third-order valence-corrected chi connectivity index (χ3v) is 7.93. The molecule has 3 fully saturated rings. The zero-order valence-corrected chi connectivity index (χ0v) is 24.2. The van der Waals surface area contributed by atoms with E-state index >= 15 is 0 Å². The molecule has 0 bridgehead atoms. The maximum atomic E-state index is 12.9. The number of anilines is 2. The van der Waals surface area contributed by atoms with Crippen LogP contribution < -0.4 is 10.2 Å². The molecule has 0 aliphatic carbocycles. The number of aromatic nitrogens is 4. The lowest BCUT2D eigenvalue weighted by Gasteiger charge is -2.44. The van der Waals surface area contributed by atoms with E-state index in [-0.39, 0.29) is 36.0 Å². The Hall–Kier alpha value is -3.51. The van der Waals surface area contributed by atoms with Crippen LogP contribution in [0.2, 0.25) is 0 Å². The normalized spacial score (nSPS) is 25.2. The van der Waals surface area contributed by atoms with Crippen LogP contribution in [0.15, 0.2) is 31.2 Å². The number of nitrogens with one attached hydrogen (secondary N) is 1. The van der Waals surface area contributed by atoms with Gasteiger partial charge in [-0.3, -0.25) is 9.69 Å². The van der Waals surface area contributed by atoms with Crippen molar-refractivity contribution in [2.75, 3.05) is 36.5 Å². The fourth-order valence-electron chi connectivity index (χ4n) is 6.30. The quantitative estimate of drug-likeness (QED) is 0.493. The van der Waals surface area contributed by atoms with Crippen molar-refractivity contribution in [2.45, 2.75) is 78.0 Å². The molecule has 3 saturated heterocycles. The number of hydrogen-bond acceptors (Lipinski definition) is 9. The summed E-state index contributed by atoms with van der Waals surface area (Å²) in [5, 5.41) is 3.43. The van der Waals surface area contributed by atoms with Crippen LogP contribution in [-0.2, 0) is 20.9 Å². The molecule has 1 N–H and O–H groups in total.